The van der Waals surface area contributed by atoms with Crippen LogP contribution in [0.25, 0.3) is 21.9 Å². The van der Waals surface area contributed by atoms with Crippen LogP contribution in [0.15, 0.2) is 66.7 Å². The molecule has 3 rings (SSSR count). The first-order valence-corrected chi connectivity index (χ1v) is 6.48. The molecule has 0 saturated heterocycles. The van der Waals surface area contributed by atoms with Gasteiger partial charge in [0.2, 0.25) is 0 Å². The number of rotatable bonds is 2. The van der Waals surface area contributed by atoms with E-state index in [2.05, 4.69) is 0 Å². The highest BCUT2D eigenvalue weighted by Gasteiger charge is 2.10. The zero-order valence-electron chi connectivity index (χ0n) is 11.1. The zero-order valence-corrected chi connectivity index (χ0v) is 11.1. The summed E-state index contributed by atoms with van der Waals surface area (Å²) in [5.41, 5.74) is 1.72. The van der Waals surface area contributed by atoms with Gasteiger partial charge in [0.25, 0.3) is 0 Å². The lowest BCUT2D eigenvalue weighted by Crippen LogP contribution is -2.04. The van der Waals surface area contributed by atoms with Gasteiger partial charge in [-0.25, -0.2) is 4.79 Å². The first-order chi connectivity index (χ1) is 10.3. The van der Waals surface area contributed by atoms with Crippen LogP contribution in [0.1, 0.15) is 0 Å². The summed E-state index contributed by atoms with van der Waals surface area (Å²) >= 11 is 0. The van der Waals surface area contributed by atoms with Crippen molar-refractivity contribution in [3.05, 3.63) is 66.7 Å². The third-order valence-corrected chi connectivity index (χ3v) is 3.24. The lowest BCUT2D eigenvalue weighted by Gasteiger charge is -2.09. The molecule has 0 saturated carbocycles. The molecule has 0 unspecified atom stereocenters. The Morgan fingerprint density at radius 1 is 0.905 bits per heavy atom. The summed E-state index contributed by atoms with van der Waals surface area (Å²) < 4.78 is 5.06. The number of nitriles is 1. The number of hydrogen-bond donors (Lipinski definition) is 0. The first kappa shape index (κ1) is 12.9. The number of benzene rings is 3. The Kier molecular flexibility index (Phi) is 3.36. The third-order valence-electron chi connectivity index (χ3n) is 3.24. The number of carbonyl (C=O) groups excluding carboxylic acids is 1. The van der Waals surface area contributed by atoms with Crippen LogP contribution in [0.2, 0.25) is 0 Å². The van der Waals surface area contributed by atoms with E-state index in [1.165, 1.54) is 6.07 Å². The molecule has 0 atom stereocenters. The Hall–Kier alpha value is -3.12. The maximum absolute atomic E-state index is 11.2. The van der Waals surface area contributed by atoms with E-state index < -0.39 is 5.97 Å². The Labute approximate surface area is 122 Å². The average Bonchev–Trinajstić information content (AvgIpc) is 2.55. The Morgan fingerprint density at radius 2 is 1.62 bits per heavy atom. The van der Waals surface area contributed by atoms with Gasteiger partial charge in [0.1, 0.15) is 5.75 Å². The van der Waals surface area contributed by atoms with Crippen LogP contribution in [-0.4, -0.2) is 5.97 Å². The number of hydrogen-bond acceptors (Lipinski definition) is 3. The van der Waals surface area contributed by atoms with Gasteiger partial charge >= 0.3 is 5.97 Å². The molecule has 0 aliphatic heterocycles. The summed E-state index contributed by atoms with van der Waals surface area (Å²) in [5.74, 6) is -0.525. The van der Waals surface area contributed by atoms with Gasteiger partial charge in [-0.1, -0.05) is 54.6 Å². The maximum Gasteiger partial charge on any atom is 0.416 e. The number of carbonyl (C=O) groups is 1. The molecule has 0 aromatic heterocycles. The van der Waals surface area contributed by atoms with Crippen LogP contribution in [0.5, 0.6) is 5.75 Å². The molecule has 3 aromatic rings. The Bertz CT molecular complexity index is 862. The molecular formula is C18H11NO2. The molecule has 0 aliphatic rings. The minimum Gasteiger partial charge on any atom is -0.415 e. The fraction of sp³-hybridized carbons (Fsp3) is 0. The Balaban J connectivity index is 2.10. The molecule has 3 heteroatoms. The molecule has 0 spiro atoms. The normalized spacial score (nSPS) is 10.0. The second-order valence-corrected chi connectivity index (χ2v) is 4.56. The van der Waals surface area contributed by atoms with E-state index in [-0.39, 0.29) is 0 Å². The van der Waals surface area contributed by atoms with Crippen molar-refractivity contribution in [3.63, 3.8) is 0 Å². The molecule has 0 heterocycles. The Morgan fingerprint density at radius 3 is 2.43 bits per heavy atom. The monoisotopic (exact) mass is 273 g/mol. The van der Waals surface area contributed by atoms with Crippen molar-refractivity contribution in [2.45, 2.75) is 0 Å². The summed E-state index contributed by atoms with van der Waals surface area (Å²) in [5, 5.41) is 10.8. The highest BCUT2D eigenvalue weighted by atomic mass is 16.5. The SMILES string of the molecule is N#CC(=O)Oc1ccccc1-c1ccc2ccccc2c1. The molecule has 21 heavy (non-hydrogen) atoms. The highest BCUT2D eigenvalue weighted by Crippen LogP contribution is 2.31. The standard InChI is InChI=1S/C18H11NO2/c19-12-18(20)21-17-8-4-3-7-16(17)15-10-9-13-5-1-2-6-14(13)11-15/h1-11H. The van der Waals surface area contributed by atoms with E-state index in [9.17, 15) is 4.79 Å². The summed E-state index contributed by atoms with van der Waals surface area (Å²) in [7, 11) is 0. The van der Waals surface area contributed by atoms with Crippen molar-refractivity contribution < 1.29 is 9.53 Å². The summed E-state index contributed by atoms with van der Waals surface area (Å²) in [4.78, 5) is 11.2. The topological polar surface area (TPSA) is 50.1 Å². The van der Waals surface area contributed by atoms with E-state index in [1.54, 1.807) is 12.1 Å². The number of nitrogens with zero attached hydrogens (tertiary/aromatic N) is 1. The number of para-hydroxylation sites is 1. The van der Waals surface area contributed by atoms with Gasteiger partial charge in [-0.2, -0.15) is 5.26 Å². The minimum atomic E-state index is -0.914. The van der Waals surface area contributed by atoms with Gasteiger partial charge in [0, 0.05) is 5.56 Å². The van der Waals surface area contributed by atoms with Crippen molar-refractivity contribution in [1.82, 2.24) is 0 Å². The molecule has 0 bridgehead atoms. The number of ether oxygens (including phenoxy) is 1. The number of esters is 1. The van der Waals surface area contributed by atoms with Crippen LogP contribution >= 0.6 is 0 Å². The van der Waals surface area contributed by atoms with Gasteiger partial charge in [-0.05, 0) is 28.5 Å². The summed E-state index contributed by atoms with van der Waals surface area (Å²) in [6.45, 7) is 0. The summed E-state index contributed by atoms with van der Waals surface area (Å²) in [6, 6.07) is 22.7. The molecule has 0 radical (unpaired) electrons. The molecule has 100 valence electrons. The van der Waals surface area contributed by atoms with Crippen molar-refractivity contribution in [3.8, 4) is 22.9 Å². The number of fused-ring (bicyclic) bond motifs is 1. The second-order valence-electron chi connectivity index (χ2n) is 4.56. The van der Waals surface area contributed by atoms with Gasteiger partial charge in [0.05, 0.1) is 0 Å². The van der Waals surface area contributed by atoms with Crippen LogP contribution in [0.3, 0.4) is 0 Å². The fourth-order valence-corrected chi connectivity index (χ4v) is 2.27. The van der Waals surface area contributed by atoms with Gasteiger partial charge < -0.3 is 4.74 Å². The molecule has 3 aromatic carbocycles. The second kappa shape index (κ2) is 5.48. The zero-order chi connectivity index (χ0) is 14.7. The average molecular weight is 273 g/mol. The largest absolute Gasteiger partial charge is 0.416 e. The van der Waals surface area contributed by atoms with E-state index >= 15 is 0 Å². The molecule has 0 fully saturated rings. The molecule has 0 aliphatic carbocycles. The minimum absolute atomic E-state index is 0.388. The molecule has 0 amide bonds. The van der Waals surface area contributed by atoms with Crippen molar-refractivity contribution in [1.29, 1.82) is 5.26 Å². The fourth-order valence-electron chi connectivity index (χ4n) is 2.27. The van der Waals surface area contributed by atoms with Crippen LogP contribution in [-0.2, 0) is 4.79 Å². The van der Waals surface area contributed by atoms with Crippen molar-refractivity contribution >= 4 is 16.7 Å². The van der Waals surface area contributed by atoms with Crippen molar-refractivity contribution in [2.75, 3.05) is 0 Å². The van der Waals surface area contributed by atoms with Gasteiger partial charge in [-0.3, -0.25) is 0 Å². The predicted molar refractivity (Wildman–Crippen MR) is 80.6 cm³/mol. The van der Waals surface area contributed by atoms with E-state index in [1.807, 2.05) is 54.6 Å². The van der Waals surface area contributed by atoms with Gasteiger partial charge in [-0.15, -0.1) is 0 Å². The lowest BCUT2D eigenvalue weighted by atomic mass is 10.0. The van der Waals surface area contributed by atoms with Crippen LogP contribution in [0, 0.1) is 11.3 Å². The smallest absolute Gasteiger partial charge is 0.415 e. The molecule has 3 nitrogen and oxygen atoms in total. The van der Waals surface area contributed by atoms with E-state index in [0.717, 1.165) is 21.9 Å². The third kappa shape index (κ3) is 2.60. The van der Waals surface area contributed by atoms with E-state index in [0.29, 0.717) is 5.75 Å². The maximum atomic E-state index is 11.2. The summed E-state index contributed by atoms with van der Waals surface area (Å²) in [6.07, 6.45) is 0. The quantitative estimate of drug-likeness (QED) is 0.404. The van der Waals surface area contributed by atoms with Crippen LogP contribution in [0.4, 0.5) is 0 Å². The predicted octanol–water partition coefficient (Wildman–Crippen LogP) is 3.94. The van der Waals surface area contributed by atoms with Crippen molar-refractivity contribution in [2.24, 2.45) is 0 Å². The molecule has 0 N–H and O–H groups in total. The van der Waals surface area contributed by atoms with Gasteiger partial charge in [0.15, 0.2) is 6.07 Å². The van der Waals surface area contributed by atoms with E-state index in [4.69, 9.17) is 10.00 Å². The highest BCUT2D eigenvalue weighted by molar-refractivity contribution is 5.91. The molecular weight excluding hydrogens is 262 g/mol. The lowest BCUT2D eigenvalue weighted by molar-refractivity contribution is -0.128. The first-order valence-electron chi connectivity index (χ1n) is 6.48. The van der Waals surface area contributed by atoms with Crippen LogP contribution < -0.4 is 4.74 Å².